The van der Waals surface area contributed by atoms with Gasteiger partial charge in [-0.15, -0.1) is 0 Å². The Balaban J connectivity index is 1.59. The third kappa shape index (κ3) is 4.96. The van der Waals surface area contributed by atoms with Crippen LogP contribution >= 0.6 is 11.6 Å². The number of aromatic nitrogens is 2. The number of nitrogens with two attached hydrogens (primary N) is 1. The predicted octanol–water partition coefficient (Wildman–Crippen LogP) is 3.85. The number of rotatable bonds is 4. The van der Waals surface area contributed by atoms with Crippen molar-refractivity contribution in [1.29, 1.82) is 0 Å². The van der Waals surface area contributed by atoms with Gasteiger partial charge in [0.25, 0.3) is 0 Å². The number of nitrogen functional groups attached to an aromatic ring is 1. The molecule has 2 saturated heterocycles. The molecule has 0 saturated carbocycles. The summed E-state index contributed by atoms with van der Waals surface area (Å²) in [6.07, 6.45) is -3.08. The van der Waals surface area contributed by atoms with Crippen molar-refractivity contribution in [2.24, 2.45) is 5.92 Å². The highest BCUT2D eigenvalue weighted by molar-refractivity contribution is 6.30. The molecule has 0 aliphatic carbocycles. The van der Waals surface area contributed by atoms with Crippen molar-refractivity contribution < 1.29 is 26.7 Å². The summed E-state index contributed by atoms with van der Waals surface area (Å²) in [5.41, 5.74) is 5.75. The number of anilines is 3. The lowest BCUT2D eigenvalue weighted by atomic mass is 9.87. The number of benzene rings is 1. The van der Waals surface area contributed by atoms with Crippen molar-refractivity contribution in [2.75, 3.05) is 35.6 Å². The summed E-state index contributed by atoms with van der Waals surface area (Å²) < 4.78 is 70.0. The molecule has 13 heteroatoms. The minimum absolute atomic E-state index is 0.112. The van der Waals surface area contributed by atoms with Crippen molar-refractivity contribution in [2.45, 2.75) is 37.5 Å². The van der Waals surface area contributed by atoms with Gasteiger partial charge in [0.2, 0.25) is 11.7 Å². The van der Waals surface area contributed by atoms with Gasteiger partial charge in [-0.2, -0.15) is 17.6 Å². The molecule has 7 nitrogen and oxygen atoms in total. The Morgan fingerprint density at radius 1 is 1.12 bits per heavy atom. The number of nitrogens with zero attached hydrogens (tertiary/aromatic N) is 4. The van der Waals surface area contributed by atoms with Gasteiger partial charge in [-0.25, -0.2) is 14.4 Å². The van der Waals surface area contributed by atoms with Crippen LogP contribution in [0.3, 0.4) is 0 Å². The van der Waals surface area contributed by atoms with Crippen LogP contribution in [-0.2, 0) is 4.79 Å². The Hall–Kier alpha value is -2.89. The van der Waals surface area contributed by atoms with Crippen molar-refractivity contribution in [3.05, 3.63) is 41.2 Å². The second-order valence-corrected chi connectivity index (χ2v) is 8.81. The van der Waals surface area contributed by atoms with Crippen LogP contribution in [0, 0.1) is 17.6 Å². The fourth-order valence-electron chi connectivity index (χ4n) is 4.62. The maximum absolute atomic E-state index is 14.5. The molecule has 2 aliphatic rings. The van der Waals surface area contributed by atoms with E-state index in [9.17, 15) is 26.7 Å². The Morgan fingerprint density at radius 3 is 2.59 bits per heavy atom. The van der Waals surface area contributed by atoms with Gasteiger partial charge in [-0.05, 0) is 37.5 Å². The molecule has 0 bridgehead atoms. The first-order valence-electron chi connectivity index (χ1n) is 10.7. The molecular weight excluding hydrogens is 483 g/mol. The molecule has 2 aromatic rings. The van der Waals surface area contributed by atoms with Crippen LogP contribution in [0.15, 0.2) is 24.5 Å². The second kappa shape index (κ2) is 9.40. The number of piperidine rings is 2. The van der Waals surface area contributed by atoms with Crippen molar-refractivity contribution in [3.8, 4) is 0 Å². The molecule has 1 aromatic heterocycles. The molecule has 2 unspecified atom stereocenters. The molecule has 2 aliphatic heterocycles. The van der Waals surface area contributed by atoms with Crippen molar-refractivity contribution in [1.82, 2.24) is 14.9 Å². The number of likely N-dealkylation sites (tertiary alicyclic amines) is 1. The summed E-state index contributed by atoms with van der Waals surface area (Å²) >= 11 is 5.87. The summed E-state index contributed by atoms with van der Waals surface area (Å²) in [6.45, 7) is -0.276. The lowest BCUT2D eigenvalue weighted by molar-refractivity contribution is -0.197. The van der Waals surface area contributed by atoms with Gasteiger partial charge in [-0.1, -0.05) is 11.6 Å². The monoisotopic (exact) mass is 504 g/mol. The smallest absolute Gasteiger partial charge is 0.381 e. The van der Waals surface area contributed by atoms with E-state index in [-0.39, 0.29) is 42.6 Å². The van der Waals surface area contributed by atoms with Gasteiger partial charge in [0.1, 0.15) is 18.2 Å². The van der Waals surface area contributed by atoms with E-state index in [0.717, 1.165) is 18.5 Å². The van der Waals surface area contributed by atoms with E-state index >= 15 is 0 Å². The molecule has 0 radical (unpaired) electrons. The number of hydrogen-bond donors (Lipinski definition) is 2. The Bertz CT molecular complexity index is 1050. The number of amides is 1. The van der Waals surface area contributed by atoms with E-state index in [0.29, 0.717) is 12.8 Å². The highest BCUT2D eigenvalue weighted by Crippen LogP contribution is 2.39. The molecule has 184 valence electrons. The zero-order chi connectivity index (χ0) is 24.6. The van der Waals surface area contributed by atoms with Gasteiger partial charge in [0, 0.05) is 30.3 Å². The Labute approximate surface area is 197 Å². The molecular formula is C21H22ClF5N6O. The average Bonchev–Trinajstić information content (AvgIpc) is 2.75. The van der Waals surface area contributed by atoms with Gasteiger partial charge < -0.3 is 20.9 Å². The van der Waals surface area contributed by atoms with E-state index in [1.54, 1.807) is 0 Å². The molecule has 1 amide bonds. The molecule has 3 heterocycles. The molecule has 34 heavy (non-hydrogen) atoms. The molecule has 4 rings (SSSR count). The van der Waals surface area contributed by atoms with E-state index in [1.165, 1.54) is 15.9 Å². The van der Waals surface area contributed by atoms with Crippen LogP contribution < -0.4 is 16.0 Å². The average molecular weight is 505 g/mol. The number of alkyl halides is 3. The summed E-state index contributed by atoms with van der Waals surface area (Å²) in [4.78, 5) is 23.2. The third-order valence-electron chi connectivity index (χ3n) is 6.18. The van der Waals surface area contributed by atoms with Gasteiger partial charge in [-0.3, -0.25) is 4.79 Å². The Kier molecular flexibility index (Phi) is 6.70. The minimum Gasteiger partial charge on any atom is -0.381 e. The van der Waals surface area contributed by atoms with Crippen LogP contribution in [0.2, 0.25) is 5.02 Å². The number of carbonyl (C=O) groups excluding carboxylic acids is 1. The maximum Gasteiger partial charge on any atom is 0.393 e. The molecule has 1 aromatic carbocycles. The highest BCUT2D eigenvalue weighted by atomic mass is 35.5. The van der Waals surface area contributed by atoms with Crippen LogP contribution in [-0.4, -0.2) is 58.7 Å². The zero-order valence-electron chi connectivity index (χ0n) is 17.8. The van der Waals surface area contributed by atoms with Crippen molar-refractivity contribution in [3.63, 3.8) is 0 Å². The van der Waals surface area contributed by atoms with Gasteiger partial charge >= 0.3 is 6.18 Å². The van der Waals surface area contributed by atoms with Crippen LogP contribution in [0.25, 0.3) is 0 Å². The largest absolute Gasteiger partial charge is 0.393 e. The second-order valence-electron chi connectivity index (χ2n) is 8.38. The van der Waals surface area contributed by atoms with Crippen LogP contribution in [0.1, 0.15) is 19.3 Å². The van der Waals surface area contributed by atoms with E-state index < -0.39 is 47.5 Å². The number of halogens is 6. The first-order valence-corrected chi connectivity index (χ1v) is 11.0. The predicted molar refractivity (Wildman–Crippen MR) is 116 cm³/mol. The standard InChI is InChI=1S/C21H22ClF5N6O/c22-11-6-12(23)8-13(7-11)31-15-2-1-4-33(20(15)34)16-9-32(5-3-14(16)21(25,26)27)19-17(24)18(28)29-10-30-19/h6-8,10,14-16,31H,1-5,9H2,(H2,28,29,30)/t14-,15?,16?/m0/s1. The number of hydrogen-bond acceptors (Lipinski definition) is 6. The summed E-state index contributed by atoms with van der Waals surface area (Å²) in [6, 6.07) is 1.56. The van der Waals surface area contributed by atoms with Crippen LogP contribution in [0.4, 0.5) is 39.3 Å². The lowest BCUT2D eigenvalue weighted by Gasteiger charge is -2.47. The molecule has 3 N–H and O–H groups in total. The van der Waals surface area contributed by atoms with Gasteiger partial charge in [0.15, 0.2) is 11.6 Å². The summed E-state index contributed by atoms with van der Waals surface area (Å²) in [5.74, 6) is -4.48. The van der Waals surface area contributed by atoms with E-state index in [1.807, 2.05) is 0 Å². The lowest BCUT2D eigenvalue weighted by Crippen LogP contribution is -2.62. The van der Waals surface area contributed by atoms with Crippen molar-refractivity contribution >= 4 is 34.8 Å². The fraction of sp³-hybridized carbons (Fsp3) is 0.476. The van der Waals surface area contributed by atoms with Gasteiger partial charge in [0.05, 0.1) is 12.0 Å². The van der Waals surface area contributed by atoms with Crippen LogP contribution in [0.5, 0.6) is 0 Å². The SMILES string of the molecule is Nc1ncnc(N2CC[C@H](C(F)(F)F)C(N3CCCC(Nc4cc(F)cc(Cl)c4)C3=O)C2)c1F. The highest BCUT2D eigenvalue weighted by Gasteiger charge is 2.51. The number of carbonyl (C=O) groups is 1. The first-order chi connectivity index (χ1) is 16.0. The summed E-state index contributed by atoms with van der Waals surface area (Å²) in [5, 5.41) is 3.01. The fourth-order valence-corrected chi connectivity index (χ4v) is 4.84. The summed E-state index contributed by atoms with van der Waals surface area (Å²) in [7, 11) is 0. The number of nitrogens with one attached hydrogen (secondary N) is 1. The Morgan fingerprint density at radius 2 is 1.88 bits per heavy atom. The molecule has 3 atom stereocenters. The molecule has 2 fully saturated rings. The van der Waals surface area contributed by atoms with E-state index in [2.05, 4.69) is 15.3 Å². The van der Waals surface area contributed by atoms with E-state index in [4.69, 9.17) is 17.3 Å². The topological polar surface area (TPSA) is 87.4 Å². The molecule has 0 spiro atoms. The normalized spacial score (nSPS) is 23.8. The third-order valence-corrected chi connectivity index (χ3v) is 6.39. The first kappa shape index (κ1) is 24.2. The maximum atomic E-state index is 14.5. The quantitative estimate of drug-likeness (QED) is 0.615. The zero-order valence-corrected chi connectivity index (χ0v) is 18.6. The minimum atomic E-state index is -4.56.